The Bertz CT molecular complexity index is 226. The molecule has 0 bridgehead atoms. The highest BCUT2D eigenvalue weighted by molar-refractivity contribution is 5.92. The maximum Gasteiger partial charge on any atom is 0.459 e. The molecule has 3 nitrogen and oxygen atoms in total. The van der Waals surface area contributed by atoms with Gasteiger partial charge in [-0.25, -0.2) is 0 Å². The monoisotopic (exact) mass is 234 g/mol. The van der Waals surface area contributed by atoms with E-state index in [1.807, 2.05) is 0 Å². The van der Waals surface area contributed by atoms with Crippen molar-refractivity contribution in [2.24, 2.45) is 10.7 Å². The Hall–Kier alpha value is -0.760. The van der Waals surface area contributed by atoms with Gasteiger partial charge in [0.15, 0.2) is 0 Å². The summed E-state index contributed by atoms with van der Waals surface area (Å²) in [7, 11) is 0. The number of hydrogen-bond donors (Lipinski definition) is 2. The zero-order valence-corrected chi connectivity index (χ0v) is 7.69. The molecule has 0 saturated heterocycles. The Kier molecular flexibility index (Phi) is 5.09. The van der Waals surface area contributed by atoms with Crippen molar-refractivity contribution in [2.45, 2.75) is 18.5 Å². The fraction of sp³-hybridized carbons (Fsp3) is 0.857. The Balaban J connectivity index is 4.90. The fourth-order valence-electron chi connectivity index (χ4n) is 0.821. The molecule has 0 aliphatic heterocycles. The van der Waals surface area contributed by atoms with Gasteiger partial charge < -0.3 is 10.8 Å². The molecule has 3 N–H and O–H groups in total. The van der Waals surface area contributed by atoms with Crippen molar-refractivity contribution in [3.8, 4) is 0 Å². The molecule has 0 spiro atoms. The number of rotatable bonds is 5. The predicted molar refractivity (Wildman–Crippen MR) is 44.1 cm³/mol. The van der Waals surface area contributed by atoms with Crippen LogP contribution in [0.25, 0.3) is 0 Å². The van der Waals surface area contributed by atoms with Gasteiger partial charge in [-0.15, -0.1) is 0 Å². The lowest BCUT2D eigenvalue weighted by Crippen LogP contribution is -2.45. The molecule has 0 saturated carbocycles. The number of hydrogen-bond acceptors (Lipinski definition) is 3. The van der Waals surface area contributed by atoms with Crippen LogP contribution < -0.4 is 5.73 Å². The number of nitrogens with two attached hydrogens (primary N) is 1. The van der Waals surface area contributed by atoms with Crippen LogP contribution in [0.4, 0.5) is 22.0 Å². The normalized spacial score (nSPS) is 14.5. The van der Waals surface area contributed by atoms with E-state index in [0.717, 1.165) is 0 Å². The molecule has 0 aromatic heterocycles. The highest BCUT2D eigenvalue weighted by Gasteiger charge is 2.60. The van der Waals surface area contributed by atoms with Gasteiger partial charge in [0, 0.05) is 6.42 Å². The summed E-state index contributed by atoms with van der Waals surface area (Å²) in [5.41, 5.74) is 3.56. The SMILES string of the molecule is NCCC(=NCCO)C(F)(F)C(F)(F)F. The maximum atomic E-state index is 12.7. The van der Waals surface area contributed by atoms with Crippen molar-refractivity contribution in [1.29, 1.82) is 0 Å². The number of nitrogens with zero attached hydrogens (tertiary/aromatic N) is 1. The largest absolute Gasteiger partial charge is 0.459 e. The van der Waals surface area contributed by atoms with Crippen molar-refractivity contribution < 1.29 is 27.1 Å². The molecule has 15 heavy (non-hydrogen) atoms. The van der Waals surface area contributed by atoms with Crippen LogP contribution in [-0.4, -0.2) is 42.6 Å². The maximum absolute atomic E-state index is 12.7. The van der Waals surface area contributed by atoms with Crippen LogP contribution in [-0.2, 0) is 0 Å². The van der Waals surface area contributed by atoms with Gasteiger partial charge in [0.2, 0.25) is 0 Å². The lowest BCUT2D eigenvalue weighted by Gasteiger charge is -2.21. The van der Waals surface area contributed by atoms with Crippen LogP contribution in [0.1, 0.15) is 6.42 Å². The van der Waals surface area contributed by atoms with Crippen molar-refractivity contribution in [2.75, 3.05) is 19.7 Å². The third-order valence-electron chi connectivity index (χ3n) is 1.50. The summed E-state index contributed by atoms with van der Waals surface area (Å²) in [5.74, 6) is -4.98. The van der Waals surface area contributed by atoms with Gasteiger partial charge in [-0.05, 0) is 6.54 Å². The van der Waals surface area contributed by atoms with Gasteiger partial charge >= 0.3 is 12.1 Å². The molecule has 90 valence electrons. The van der Waals surface area contributed by atoms with Crippen molar-refractivity contribution in [3.63, 3.8) is 0 Å². The van der Waals surface area contributed by atoms with Gasteiger partial charge in [0.05, 0.1) is 18.9 Å². The van der Waals surface area contributed by atoms with E-state index >= 15 is 0 Å². The van der Waals surface area contributed by atoms with E-state index in [2.05, 4.69) is 4.99 Å². The molecule has 0 rings (SSSR count). The molecule has 0 aliphatic rings. The van der Waals surface area contributed by atoms with Crippen LogP contribution >= 0.6 is 0 Å². The van der Waals surface area contributed by atoms with Crippen molar-refractivity contribution >= 4 is 5.71 Å². The van der Waals surface area contributed by atoms with Gasteiger partial charge in [-0.3, -0.25) is 4.99 Å². The summed E-state index contributed by atoms with van der Waals surface area (Å²) < 4.78 is 61.1. The average molecular weight is 234 g/mol. The molecular weight excluding hydrogens is 223 g/mol. The van der Waals surface area contributed by atoms with Gasteiger partial charge in [0.1, 0.15) is 0 Å². The van der Waals surface area contributed by atoms with Crippen LogP contribution in [0.5, 0.6) is 0 Å². The van der Waals surface area contributed by atoms with E-state index in [9.17, 15) is 22.0 Å². The number of aliphatic hydroxyl groups is 1. The first-order chi connectivity index (χ1) is 6.77. The summed E-state index contributed by atoms with van der Waals surface area (Å²) in [6.07, 6.45) is -6.34. The van der Waals surface area contributed by atoms with Crippen LogP contribution in [0.2, 0.25) is 0 Å². The highest BCUT2D eigenvalue weighted by Crippen LogP contribution is 2.37. The van der Waals surface area contributed by atoms with Crippen molar-refractivity contribution in [1.82, 2.24) is 0 Å². The lowest BCUT2D eigenvalue weighted by molar-refractivity contribution is -0.249. The molecule has 0 aromatic rings. The predicted octanol–water partition coefficient (Wildman–Crippen LogP) is 0.966. The summed E-state index contributed by atoms with van der Waals surface area (Å²) in [6, 6.07) is 0. The number of halogens is 5. The Morgan fingerprint density at radius 2 is 1.73 bits per heavy atom. The second-order valence-electron chi connectivity index (χ2n) is 2.66. The molecule has 0 fully saturated rings. The molecule has 8 heteroatoms. The first-order valence-electron chi connectivity index (χ1n) is 4.06. The molecule has 0 heterocycles. The highest BCUT2D eigenvalue weighted by atomic mass is 19.4. The number of aliphatic hydroxyl groups excluding tert-OH is 1. The minimum Gasteiger partial charge on any atom is -0.394 e. The first kappa shape index (κ1) is 14.2. The average Bonchev–Trinajstić information content (AvgIpc) is 2.10. The molecule has 0 unspecified atom stereocenters. The lowest BCUT2D eigenvalue weighted by atomic mass is 10.1. The second-order valence-corrected chi connectivity index (χ2v) is 2.66. The van der Waals surface area contributed by atoms with E-state index < -0.39 is 37.4 Å². The van der Waals surface area contributed by atoms with Gasteiger partial charge in [-0.1, -0.05) is 0 Å². The quantitative estimate of drug-likeness (QED) is 0.550. The molecule has 0 atom stereocenters. The van der Waals surface area contributed by atoms with E-state index in [4.69, 9.17) is 10.8 Å². The van der Waals surface area contributed by atoms with E-state index in [1.165, 1.54) is 0 Å². The first-order valence-corrected chi connectivity index (χ1v) is 4.06. The topological polar surface area (TPSA) is 58.6 Å². The minimum atomic E-state index is -5.68. The molecule has 0 radical (unpaired) electrons. The zero-order chi connectivity index (χ0) is 12.1. The Labute approximate surface area is 82.8 Å². The zero-order valence-electron chi connectivity index (χ0n) is 7.69. The smallest absolute Gasteiger partial charge is 0.394 e. The fourth-order valence-corrected chi connectivity index (χ4v) is 0.821. The van der Waals surface area contributed by atoms with Crippen LogP contribution in [0.15, 0.2) is 4.99 Å². The Morgan fingerprint density at radius 3 is 2.07 bits per heavy atom. The molecule has 0 aromatic carbocycles. The van der Waals surface area contributed by atoms with Gasteiger partial charge in [0.25, 0.3) is 0 Å². The standard InChI is InChI=1S/C7H11F5N2O/c8-6(9,7(10,11)12)5(1-2-13)14-3-4-15/h15H,1-4,13H2. The third-order valence-corrected chi connectivity index (χ3v) is 1.50. The number of aliphatic imine (C=N–C) groups is 1. The summed E-state index contributed by atoms with van der Waals surface area (Å²) in [5, 5.41) is 8.29. The van der Waals surface area contributed by atoms with Crippen molar-refractivity contribution in [3.05, 3.63) is 0 Å². The minimum absolute atomic E-state index is 0.365. The van der Waals surface area contributed by atoms with Gasteiger partial charge in [-0.2, -0.15) is 22.0 Å². The summed E-state index contributed by atoms with van der Waals surface area (Å²) >= 11 is 0. The molecule has 0 amide bonds. The van der Waals surface area contributed by atoms with E-state index in [0.29, 0.717) is 0 Å². The van der Waals surface area contributed by atoms with E-state index in [1.54, 1.807) is 0 Å². The number of alkyl halides is 5. The molecular formula is C7H11F5N2O. The summed E-state index contributed by atoms with van der Waals surface area (Å²) in [4.78, 5) is 2.99. The molecule has 0 aliphatic carbocycles. The Morgan fingerprint density at radius 1 is 1.20 bits per heavy atom. The second kappa shape index (κ2) is 5.36. The van der Waals surface area contributed by atoms with E-state index in [-0.39, 0.29) is 6.54 Å². The summed E-state index contributed by atoms with van der Waals surface area (Å²) in [6.45, 7) is -1.46. The van der Waals surface area contributed by atoms with Crippen LogP contribution in [0, 0.1) is 0 Å². The van der Waals surface area contributed by atoms with Crippen LogP contribution in [0.3, 0.4) is 0 Å². The third kappa shape index (κ3) is 3.71.